The van der Waals surface area contributed by atoms with Gasteiger partial charge in [0, 0.05) is 6.42 Å². The fourth-order valence-electron chi connectivity index (χ4n) is 1.67. The van der Waals surface area contributed by atoms with E-state index in [4.69, 9.17) is 5.11 Å². The van der Waals surface area contributed by atoms with Crippen molar-refractivity contribution in [2.75, 3.05) is 13.2 Å². The molecule has 0 aromatic carbocycles. The van der Waals surface area contributed by atoms with Crippen molar-refractivity contribution in [3.63, 3.8) is 0 Å². The van der Waals surface area contributed by atoms with Gasteiger partial charge in [0.15, 0.2) is 0 Å². The highest BCUT2D eigenvalue weighted by molar-refractivity contribution is 5.66. The van der Waals surface area contributed by atoms with Crippen molar-refractivity contribution in [3.05, 3.63) is 0 Å². The Kier molecular flexibility index (Phi) is 14.0. The van der Waals surface area contributed by atoms with Gasteiger partial charge in [0.1, 0.15) is 0 Å². The van der Waals surface area contributed by atoms with Gasteiger partial charge in [-0.15, -0.1) is 0 Å². The Labute approximate surface area is 111 Å². The molecule has 1 fully saturated rings. The second-order valence-electron chi connectivity index (χ2n) is 4.62. The number of carboxylic acid groups (broad SMARTS) is 1. The van der Waals surface area contributed by atoms with Gasteiger partial charge in [0.25, 0.3) is 0 Å². The van der Waals surface area contributed by atoms with E-state index >= 15 is 0 Å². The van der Waals surface area contributed by atoms with E-state index in [9.17, 15) is 4.79 Å². The summed E-state index contributed by atoms with van der Waals surface area (Å²) in [5.41, 5.74) is 0. The van der Waals surface area contributed by atoms with Gasteiger partial charge in [-0.3, -0.25) is 4.79 Å². The summed E-state index contributed by atoms with van der Waals surface area (Å²) in [6, 6.07) is 0. The Morgan fingerprint density at radius 1 is 0.944 bits per heavy atom. The highest BCUT2D eigenvalue weighted by atomic mass is 17.2. The lowest BCUT2D eigenvalue weighted by Gasteiger charge is -2.07. The lowest BCUT2D eigenvalue weighted by molar-refractivity contribution is -0.312. The van der Waals surface area contributed by atoms with Crippen LogP contribution in [0.25, 0.3) is 0 Å². The van der Waals surface area contributed by atoms with E-state index in [1.807, 2.05) is 0 Å². The fourth-order valence-corrected chi connectivity index (χ4v) is 1.67. The second-order valence-corrected chi connectivity index (χ2v) is 4.62. The maximum Gasteiger partial charge on any atom is 0.303 e. The Morgan fingerprint density at radius 2 is 1.44 bits per heavy atom. The molecule has 0 amide bonds. The summed E-state index contributed by atoms with van der Waals surface area (Å²) >= 11 is 0. The molecular weight excluding hydrogens is 232 g/mol. The molecule has 4 nitrogen and oxygen atoms in total. The average Bonchev–Trinajstić information content (AvgIpc) is 2.40. The molecule has 1 rings (SSSR count). The van der Waals surface area contributed by atoms with E-state index in [1.54, 1.807) is 0 Å². The molecule has 0 aromatic heterocycles. The van der Waals surface area contributed by atoms with Crippen LogP contribution in [0.5, 0.6) is 0 Å². The van der Waals surface area contributed by atoms with Crippen LogP contribution in [0.15, 0.2) is 0 Å². The van der Waals surface area contributed by atoms with Gasteiger partial charge in [-0.2, -0.15) is 0 Å². The Hall–Kier alpha value is -0.610. The molecule has 0 spiro atoms. The number of rotatable bonds is 8. The number of hydrogen-bond donors (Lipinski definition) is 1. The molecule has 0 aliphatic carbocycles. The third kappa shape index (κ3) is 15.4. The topological polar surface area (TPSA) is 55.8 Å². The molecule has 1 saturated heterocycles. The molecule has 108 valence electrons. The minimum Gasteiger partial charge on any atom is -0.481 e. The van der Waals surface area contributed by atoms with E-state index in [1.165, 1.54) is 32.1 Å². The van der Waals surface area contributed by atoms with E-state index < -0.39 is 5.97 Å². The standard InChI is InChI=1S/C10H20O2.C4H8O2/c1-2-3-4-5-6-7-8-9-10(11)12;1-2-4-6-5-3-1/h2-9H2,1H3,(H,11,12);1-4H2. The molecule has 0 bridgehead atoms. The third-order valence-corrected chi connectivity index (χ3v) is 2.78. The summed E-state index contributed by atoms with van der Waals surface area (Å²) in [4.78, 5) is 19.3. The molecule has 0 unspecified atom stereocenters. The zero-order valence-corrected chi connectivity index (χ0v) is 11.7. The van der Waals surface area contributed by atoms with Crippen molar-refractivity contribution in [2.24, 2.45) is 0 Å². The lowest BCUT2D eigenvalue weighted by atomic mass is 10.1. The van der Waals surface area contributed by atoms with E-state index in [0.29, 0.717) is 6.42 Å². The van der Waals surface area contributed by atoms with Gasteiger partial charge in [-0.1, -0.05) is 45.4 Å². The largest absolute Gasteiger partial charge is 0.481 e. The highest BCUT2D eigenvalue weighted by Crippen LogP contribution is 2.07. The molecule has 1 aliphatic heterocycles. The van der Waals surface area contributed by atoms with Crippen LogP contribution in [0.1, 0.15) is 71.1 Å². The number of aliphatic carboxylic acids is 1. The maximum absolute atomic E-state index is 10.1. The van der Waals surface area contributed by atoms with Crippen LogP contribution in [0.2, 0.25) is 0 Å². The van der Waals surface area contributed by atoms with Crippen molar-refractivity contribution in [2.45, 2.75) is 71.1 Å². The van der Waals surface area contributed by atoms with Crippen LogP contribution < -0.4 is 0 Å². The van der Waals surface area contributed by atoms with Gasteiger partial charge in [0.2, 0.25) is 0 Å². The second kappa shape index (κ2) is 14.5. The van der Waals surface area contributed by atoms with Crippen LogP contribution >= 0.6 is 0 Å². The van der Waals surface area contributed by atoms with Gasteiger partial charge in [0.05, 0.1) is 13.2 Å². The monoisotopic (exact) mass is 260 g/mol. The zero-order chi connectivity index (χ0) is 13.5. The molecule has 1 aliphatic rings. The Bertz CT molecular complexity index is 167. The van der Waals surface area contributed by atoms with Crippen LogP contribution in [0.3, 0.4) is 0 Å². The first-order valence-corrected chi connectivity index (χ1v) is 7.23. The van der Waals surface area contributed by atoms with Gasteiger partial charge in [-0.05, 0) is 19.3 Å². The first-order chi connectivity index (χ1) is 8.77. The lowest BCUT2D eigenvalue weighted by Crippen LogP contribution is -2.05. The first-order valence-electron chi connectivity index (χ1n) is 7.23. The van der Waals surface area contributed by atoms with E-state index in [0.717, 1.165) is 38.9 Å². The van der Waals surface area contributed by atoms with E-state index in [-0.39, 0.29) is 0 Å². The molecule has 0 atom stereocenters. The van der Waals surface area contributed by atoms with Crippen molar-refractivity contribution in [1.82, 2.24) is 0 Å². The normalized spacial score (nSPS) is 14.7. The van der Waals surface area contributed by atoms with Gasteiger partial charge in [-0.25, -0.2) is 9.78 Å². The summed E-state index contributed by atoms with van der Waals surface area (Å²) in [7, 11) is 0. The van der Waals surface area contributed by atoms with Crippen molar-refractivity contribution < 1.29 is 19.7 Å². The van der Waals surface area contributed by atoms with Crippen LogP contribution in [0.4, 0.5) is 0 Å². The molecule has 4 heteroatoms. The summed E-state index contributed by atoms with van der Waals surface area (Å²) in [5, 5.41) is 8.35. The molecule has 1 heterocycles. The number of unbranched alkanes of at least 4 members (excludes halogenated alkanes) is 6. The first kappa shape index (κ1) is 17.4. The molecule has 0 radical (unpaired) electrons. The SMILES string of the molecule is C1CCOOC1.CCCCCCCCCC(=O)O. The van der Waals surface area contributed by atoms with Crippen molar-refractivity contribution >= 4 is 5.97 Å². The minimum atomic E-state index is -0.663. The summed E-state index contributed by atoms with van der Waals surface area (Å²) in [5.74, 6) is -0.663. The Morgan fingerprint density at radius 3 is 1.83 bits per heavy atom. The minimum absolute atomic E-state index is 0.341. The Balaban J connectivity index is 0.000000397. The summed E-state index contributed by atoms with van der Waals surface area (Å²) < 4.78 is 0. The maximum atomic E-state index is 10.1. The number of carboxylic acids is 1. The highest BCUT2D eigenvalue weighted by Gasteiger charge is 1.96. The van der Waals surface area contributed by atoms with Crippen molar-refractivity contribution in [3.8, 4) is 0 Å². The molecule has 18 heavy (non-hydrogen) atoms. The van der Waals surface area contributed by atoms with E-state index in [2.05, 4.69) is 16.7 Å². The van der Waals surface area contributed by atoms with Crippen molar-refractivity contribution in [1.29, 1.82) is 0 Å². The van der Waals surface area contributed by atoms with Gasteiger partial charge >= 0.3 is 5.97 Å². The number of hydrogen-bond acceptors (Lipinski definition) is 3. The molecular formula is C14H28O4. The summed E-state index contributed by atoms with van der Waals surface area (Å²) in [6.07, 6.45) is 10.9. The number of carbonyl (C=O) groups is 1. The van der Waals surface area contributed by atoms with Crippen LogP contribution in [-0.4, -0.2) is 24.3 Å². The summed E-state index contributed by atoms with van der Waals surface area (Å²) in [6.45, 7) is 3.75. The zero-order valence-electron chi connectivity index (χ0n) is 11.7. The third-order valence-electron chi connectivity index (χ3n) is 2.78. The molecule has 0 saturated carbocycles. The predicted molar refractivity (Wildman–Crippen MR) is 71.4 cm³/mol. The quantitative estimate of drug-likeness (QED) is 0.530. The predicted octanol–water partition coefficient (Wildman–Crippen LogP) is 3.94. The molecule has 1 N–H and O–H groups in total. The van der Waals surface area contributed by atoms with Crippen LogP contribution in [0, 0.1) is 0 Å². The smallest absolute Gasteiger partial charge is 0.303 e. The molecule has 0 aromatic rings. The fraction of sp³-hybridized carbons (Fsp3) is 0.929. The average molecular weight is 260 g/mol. The van der Waals surface area contributed by atoms with Gasteiger partial charge < -0.3 is 5.11 Å². The van der Waals surface area contributed by atoms with Crippen LogP contribution in [-0.2, 0) is 14.6 Å².